The lowest BCUT2D eigenvalue weighted by Gasteiger charge is -2.20. The topological polar surface area (TPSA) is 94.0 Å². The summed E-state index contributed by atoms with van der Waals surface area (Å²) in [7, 11) is 1.15. The van der Waals surface area contributed by atoms with Crippen LogP contribution < -0.4 is 5.32 Å². The molecule has 11 heteroatoms. The molecule has 7 nitrogen and oxygen atoms in total. The zero-order valence-electron chi connectivity index (χ0n) is 15.9. The highest BCUT2D eigenvalue weighted by molar-refractivity contribution is 7.99. The van der Waals surface area contributed by atoms with Crippen molar-refractivity contribution >= 4 is 34.9 Å². The largest absolute Gasteiger partial charge is 0.451 e. The van der Waals surface area contributed by atoms with Gasteiger partial charge in [-0.25, -0.2) is 0 Å². The molecule has 0 unspecified atom stereocenters. The molecule has 0 aliphatic heterocycles. The minimum absolute atomic E-state index is 0.0854. The Hall–Kier alpha value is -3.47. The molecule has 2 aromatic carbocycles. The van der Waals surface area contributed by atoms with E-state index in [-0.39, 0.29) is 39.1 Å². The first-order valence-electron chi connectivity index (χ1n) is 8.89. The first kappa shape index (κ1) is 20.8. The highest BCUT2D eigenvalue weighted by Crippen LogP contribution is 2.32. The normalized spacial score (nSPS) is 13.0. The number of ketones is 2. The molecule has 1 amide bonds. The molecule has 0 bridgehead atoms. The zero-order chi connectivity index (χ0) is 22.3. The van der Waals surface area contributed by atoms with E-state index in [0.717, 1.165) is 23.4 Å². The van der Waals surface area contributed by atoms with Crippen molar-refractivity contribution in [2.75, 3.05) is 11.1 Å². The van der Waals surface area contributed by atoms with Crippen molar-refractivity contribution in [1.82, 2.24) is 14.8 Å². The minimum atomic E-state index is -4.66. The number of benzene rings is 2. The van der Waals surface area contributed by atoms with Crippen LogP contribution in [0.15, 0.2) is 47.6 Å². The van der Waals surface area contributed by atoms with E-state index in [1.165, 1.54) is 12.1 Å². The van der Waals surface area contributed by atoms with Crippen LogP contribution in [-0.4, -0.2) is 38.0 Å². The second-order valence-electron chi connectivity index (χ2n) is 6.63. The number of anilines is 1. The summed E-state index contributed by atoms with van der Waals surface area (Å²) in [6.45, 7) is 0. The average Bonchev–Trinajstić information content (AvgIpc) is 3.11. The summed E-state index contributed by atoms with van der Waals surface area (Å²) in [5.74, 6) is -2.73. The molecule has 4 rings (SSSR count). The lowest BCUT2D eigenvalue weighted by atomic mass is 9.83. The van der Waals surface area contributed by atoms with Crippen molar-refractivity contribution in [3.05, 3.63) is 70.5 Å². The molecule has 1 aliphatic carbocycles. The third-order valence-corrected chi connectivity index (χ3v) is 5.67. The lowest BCUT2D eigenvalue weighted by molar-refractivity contribution is -0.147. The Labute approximate surface area is 177 Å². The molecular formula is C20H13F3N4O3S. The second kappa shape index (κ2) is 7.65. The van der Waals surface area contributed by atoms with Gasteiger partial charge < -0.3 is 9.88 Å². The number of amides is 1. The Kier molecular flexibility index (Phi) is 5.13. The summed E-state index contributed by atoms with van der Waals surface area (Å²) < 4.78 is 39.2. The summed E-state index contributed by atoms with van der Waals surface area (Å²) in [6.07, 6.45) is -4.66. The van der Waals surface area contributed by atoms with Crippen molar-refractivity contribution in [2.24, 2.45) is 7.05 Å². The molecule has 1 N–H and O–H groups in total. The maximum absolute atomic E-state index is 12.9. The van der Waals surface area contributed by atoms with Crippen LogP contribution in [0.2, 0.25) is 0 Å². The Bertz CT molecular complexity index is 1240. The number of nitrogens with one attached hydrogen (secondary N) is 1. The summed E-state index contributed by atoms with van der Waals surface area (Å²) in [6, 6.07) is 10.9. The number of thioether (sulfide) groups is 1. The van der Waals surface area contributed by atoms with Crippen LogP contribution in [0.5, 0.6) is 0 Å². The van der Waals surface area contributed by atoms with E-state index in [1.807, 2.05) is 0 Å². The number of carbonyl (C=O) groups excluding carboxylic acids is 3. The maximum Gasteiger partial charge on any atom is 0.451 e. The fraction of sp³-hybridized carbons (Fsp3) is 0.150. The Morgan fingerprint density at radius 2 is 1.65 bits per heavy atom. The summed E-state index contributed by atoms with van der Waals surface area (Å²) in [5, 5.41) is 9.04. The van der Waals surface area contributed by atoms with Gasteiger partial charge in [0.05, 0.1) is 17.0 Å². The van der Waals surface area contributed by atoms with Gasteiger partial charge in [0.25, 0.3) is 0 Å². The predicted molar refractivity (Wildman–Crippen MR) is 105 cm³/mol. The zero-order valence-corrected chi connectivity index (χ0v) is 16.7. The second-order valence-corrected chi connectivity index (χ2v) is 7.57. The van der Waals surface area contributed by atoms with Gasteiger partial charge in [-0.3, -0.25) is 14.4 Å². The van der Waals surface area contributed by atoms with Crippen molar-refractivity contribution in [1.29, 1.82) is 0 Å². The van der Waals surface area contributed by atoms with Crippen LogP contribution in [0.1, 0.15) is 37.7 Å². The third kappa shape index (κ3) is 3.72. The highest BCUT2D eigenvalue weighted by atomic mass is 32.2. The number of rotatable bonds is 4. The molecule has 0 radical (unpaired) electrons. The molecule has 3 aromatic rings. The molecule has 158 valence electrons. The number of aromatic nitrogens is 3. The molecule has 0 spiro atoms. The van der Waals surface area contributed by atoms with Crippen LogP contribution in [-0.2, 0) is 18.0 Å². The molecule has 31 heavy (non-hydrogen) atoms. The van der Waals surface area contributed by atoms with E-state index >= 15 is 0 Å². The molecule has 0 atom stereocenters. The van der Waals surface area contributed by atoms with E-state index in [9.17, 15) is 27.6 Å². The summed E-state index contributed by atoms with van der Waals surface area (Å²) >= 11 is 0.764. The van der Waals surface area contributed by atoms with Crippen LogP contribution in [0.25, 0.3) is 0 Å². The Morgan fingerprint density at radius 1 is 1.00 bits per heavy atom. The number of carbonyl (C=O) groups is 3. The average molecular weight is 446 g/mol. The molecule has 0 saturated carbocycles. The SMILES string of the molecule is Cn1c(SCC(=O)Nc2cccc3c2C(=O)c2ccccc2C3=O)nnc1C(F)(F)F. The van der Waals surface area contributed by atoms with Gasteiger partial charge >= 0.3 is 6.18 Å². The Balaban J connectivity index is 1.54. The minimum Gasteiger partial charge on any atom is -0.325 e. The van der Waals surface area contributed by atoms with Gasteiger partial charge in [0, 0.05) is 23.7 Å². The van der Waals surface area contributed by atoms with E-state index < -0.39 is 23.7 Å². The number of halogens is 3. The summed E-state index contributed by atoms with van der Waals surface area (Å²) in [5.41, 5.74) is 0.960. The number of fused-ring (bicyclic) bond motifs is 2. The smallest absolute Gasteiger partial charge is 0.325 e. The number of alkyl halides is 3. The van der Waals surface area contributed by atoms with Crippen LogP contribution in [0, 0.1) is 0 Å². The van der Waals surface area contributed by atoms with Gasteiger partial charge in [0.15, 0.2) is 16.7 Å². The Morgan fingerprint density at radius 3 is 2.29 bits per heavy atom. The standard InChI is InChI=1S/C20H13F3N4O3S/c1-27-18(20(21,22)23)25-26-19(27)31-9-14(28)24-13-8-4-7-12-15(13)17(30)11-6-3-2-5-10(11)16(12)29/h2-8H,9H2,1H3,(H,24,28). The maximum atomic E-state index is 12.9. The fourth-order valence-electron chi connectivity index (χ4n) is 3.25. The molecule has 0 saturated heterocycles. The van der Waals surface area contributed by atoms with E-state index in [2.05, 4.69) is 15.5 Å². The molecule has 1 heterocycles. The van der Waals surface area contributed by atoms with Crippen molar-refractivity contribution < 1.29 is 27.6 Å². The lowest BCUT2D eigenvalue weighted by Crippen LogP contribution is -2.24. The first-order chi connectivity index (χ1) is 14.7. The van der Waals surface area contributed by atoms with E-state index in [1.54, 1.807) is 30.3 Å². The van der Waals surface area contributed by atoms with Crippen LogP contribution in [0.3, 0.4) is 0 Å². The fourth-order valence-corrected chi connectivity index (χ4v) is 3.96. The quantitative estimate of drug-likeness (QED) is 0.484. The van der Waals surface area contributed by atoms with Gasteiger partial charge in [-0.1, -0.05) is 48.2 Å². The van der Waals surface area contributed by atoms with E-state index in [0.29, 0.717) is 5.56 Å². The van der Waals surface area contributed by atoms with Gasteiger partial charge in [-0.15, -0.1) is 10.2 Å². The third-order valence-electron chi connectivity index (χ3n) is 4.65. The van der Waals surface area contributed by atoms with Crippen molar-refractivity contribution in [3.8, 4) is 0 Å². The molecule has 1 aliphatic rings. The molecular weight excluding hydrogens is 433 g/mol. The van der Waals surface area contributed by atoms with Gasteiger partial charge in [0.1, 0.15) is 0 Å². The van der Waals surface area contributed by atoms with Crippen molar-refractivity contribution in [2.45, 2.75) is 11.3 Å². The summed E-state index contributed by atoms with van der Waals surface area (Å²) in [4.78, 5) is 38.1. The van der Waals surface area contributed by atoms with Crippen LogP contribution in [0.4, 0.5) is 18.9 Å². The molecule has 1 aromatic heterocycles. The molecule has 0 fully saturated rings. The number of hydrogen-bond acceptors (Lipinski definition) is 6. The van der Waals surface area contributed by atoms with E-state index in [4.69, 9.17) is 0 Å². The highest BCUT2D eigenvalue weighted by Gasteiger charge is 2.37. The predicted octanol–water partition coefficient (Wildman–Crippen LogP) is 3.34. The van der Waals surface area contributed by atoms with Gasteiger partial charge in [-0.05, 0) is 6.07 Å². The first-order valence-corrected chi connectivity index (χ1v) is 9.87. The van der Waals surface area contributed by atoms with Gasteiger partial charge in [0.2, 0.25) is 11.7 Å². The van der Waals surface area contributed by atoms with Gasteiger partial charge in [-0.2, -0.15) is 13.2 Å². The van der Waals surface area contributed by atoms with Crippen molar-refractivity contribution in [3.63, 3.8) is 0 Å². The number of hydrogen-bond donors (Lipinski definition) is 1. The van der Waals surface area contributed by atoms with Crippen LogP contribution >= 0.6 is 11.8 Å². The monoisotopic (exact) mass is 446 g/mol. The number of nitrogens with zero attached hydrogens (tertiary/aromatic N) is 3.